The first kappa shape index (κ1) is 26.5. The van der Waals surface area contributed by atoms with Crippen molar-refractivity contribution in [1.82, 2.24) is 14.9 Å². The number of hydrogen-bond donors (Lipinski definition) is 1. The van der Waals surface area contributed by atoms with Gasteiger partial charge in [-0.25, -0.2) is 4.98 Å². The van der Waals surface area contributed by atoms with Crippen molar-refractivity contribution in [3.63, 3.8) is 0 Å². The monoisotopic (exact) mass is 523 g/mol. The number of thioether (sulfide) groups is 1. The average molecular weight is 524 g/mol. The Balaban J connectivity index is 1.54. The molecule has 192 valence electrons. The molecule has 2 heterocycles. The van der Waals surface area contributed by atoms with Crippen LogP contribution in [0.15, 0.2) is 83.9 Å². The van der Waals surface area contributed by atoms with Crippen LogP contribution in [0.25, 0.3) is 11.0 Å². The molecule has 0 saturated heterocycles. The highest BCUT2D eigenvalue weighted by molar-refractivity contribution is 7.99. The molecule has 4 rings (SSSR count). The maximum Gasteiger partial charge on any atom is 0.416 e. The molecular weight excluding hydrogens is 495 g/mol. The van der Waals surface area contributed by atoms with Gasteiger partial charge in [-0.1, -0.05) is 43.3 Å². The van der Waals surface area contributed by atoms with Gasteiger partial charge in [0.1, 0.15) is 5.65 Å². The highest BCUT2D eigenvalue weighted by atomic mass is 32.2. The van der Waals surface area contributed by atoms with Crippen molar-refractivity contribution in [1.29, 1.82) is 0 Å². The number of carbonyl (C=O) groups is 1. The van der Waals surface area contributed by atoms with Gasteiger partial charge in [-0.3, -0.25) is 4.79 Å². The SMILES string of the molecule is C=C(C)Cn1c(Cc2ccc(C(F)(F)F)cc2)cc2cc(C(=O)NCc3ccc(SCC)cc3)cnc21. The Morgan fingerprint density at radius 3 is 2.35 bits per heavy atom. The fraction of sp³-hybridized carbons (Fsp3) is 0.241. The first-order valence-electron chi connectivity index (χ1n) is 11.9. The molecule has 0 saturated carbocycles. The number of alkyl halides is 3. The summed E-state index contributed by atoms with van der Waals surface area (Å²) in [4.78, 5) is 18.6. The molecular formula is C29H28F3N3OS. The minimum atomic E-state index is -4.37. The van der Waals surface area contributed by atoms with Gasteiger partial charge in [-0.2, -0.15) is 13.2 Å². The third kappa shape index (κ3) is 6.63. The van der Waals surface area contributed by atoms with E-state index in [1.54, 1.807) is 24.0 Å². The predicted molar refractivity (Wildman–Crippen MR) is 143 cm³/mol. The molecule has 0 aliphatic heterocycles. The lowest BCUT2D eigenvalue weighted by atomic mass is 10.1. The van der Waals surface area contributed by atoms with Crippen LogP contribution in [-0.4, -0.2) is 21.2 Å². The Morgan fingerprint density at radius 2 is 1.73 bits per heavy atom. The predicted octanol–water partition coefficient (Wildman–Crippen LogP) is 7.26. The van der Waals surface area contributed by atoms with E-state index >= 15 is 0 Å². The van der Waals surface area contributed by atoms with E-state index in [2.05, 4.69) is 23.8 Å². The van der Waals surface area contributed by atoms with Crippen LogP contribution < -0.4 is 5.32 Å². The normalized spacial score (nSPS) is 11.6. The van der Waals surface area contributed by atoms with Gasteiger partial charge in [-0.05, 0) is 60.2 Å². The molecule has 1 amide bonds. The number of allylic oxidation sites excluding steroid dienone is 1. The second kappa shape index (κ2) is 11.3. The molecule has 0 bridgehead atoms. The number of hydrogen-bond acceptors (Lipinski definition) is 3. The molecule has 0 radical (unpaired) electrons. The molecule has 0 aliphatic carbocycles. The third-order valence-corrected chi connectivity index (χ3v) is 6.76. The Kier molecular flexibility index (Phi) is 8.07. The van der Waals surface area contributed by atoms with Crippen LogP contribution in [0.4, 0.5) is 13.2 Å². The smallest absolute Gasteiger partial charge is 0.348 e. The highest BCUT2D eigenvalue weighted by Gasteiger charge is 2.30. The van der Waals surface area contributed by atoms with Crippen molar-refractivity contribution in [3.05, 3.63) is 107 Å². The van der Waals surface area contributed by atoms with E-state index < -0.39 is 11.7 Å². The van der Waals surface area contributed by atoms with E-state index in [1.165, 1.54) is 17.0 Å². The van der Waals surface area contributed by atoms with Crippen LogP contribution in [0.1, 0.15) is 46.6 Å². The van der Waals surface area contributed by atoms with Crippen molar-refractivity contribution < 1.29 is 18.0 Å². The van der Waals surface area contributed by atoms with Crippen LogP contribution in [0.2, 0.25) is 0 Å². The molecule has 0 fully saturated rings. The zero-order valence-corrected chi connectivity index (χ0v) is 21.5. The van der Waals surface area contributed by atoms with Crippen LogP contribution in [0, 0.1) is 0 Å². The van der Waals surface area contributed by atoms with E-state index in [1.807, 2.05) is 41.8 Å². The molecule has 1 N–H and O–H groups in total. The minimum absolute atomic E-state index is 0.224. The number of rotatable bonds is 9. The Hall–Kier alpha value is -3.52. The highest BCUT2D eigenvalue weighted by Crippen LogP contribution is 2.30. The molecule has 0 aliphatic rings. The van der Waals surface area contributed by atoms with Gasteiger partial charge < -0.3 is 9.88 Å². The molecule has 0 unspecified atom stereocenters. The fourth-order valence-corrected chi connectivity index (χ4v) is 4.75. The topological polar surface area (TPSA) is 46.9 Å². The van der Waals surface area contributed by atoms with Crippen molar-refractivity contribution in [2.24, 2.45) is 0 Å². The van der Waals surface area contributed by atoms with Crippen molar-refractivity contribution >= 4 is 28.7 Å². The second-order valence-electron chi connectivity index (χ2n) is 8.95. The molecule has 4 nitrogen and oxygen atoms in total. The lowest BCUT2D eigenvalue weighted by Gasteiger charge is -2.11. The largest absolute Gasteiger partial charge is 0.416 e. The number of fused-ring (bicyclic) bond motifs is 1. The van der Waals surface area contributed by atoms with Crippen LogP contribution in [-0.2, 0) is 25.7 Å². The molecule has 4 aromatic rings. The van der Waals surface area contributed by atoms with Gasteiger partial charge in [0.15, 0.2) is 0 Å². The summed E-state index contributed by atoms with van der Waals surface area (Å²) in [6.07, 6.45) is -2.39. The van der Waals surface area contributed by atoms with Gasteiger partial charge in [0.25, 0.3) is 5.91 Å². The summed E-state index contributed by atoms with van der Waals surface area (Å²) in [5.41, 5.74) is 4.02. The van der Waals surface area contributed by atoms with E-state index in [0.717, 1.165) is 45.7 Å². The van der Waals surface area contributed by atoms with Crippen molar-refractivity contribution in [2.75, 3.05) is 5.75 Å². The molecule has 2 aromatic carbocycles. The Labute approximate surface area is 218 Å². The number of aromatic nitrogens is 2. The van der Waals surface area contributed by atoms with Gasteiger partial charge in [0, 0.05) is 41.7 Å². The molecule has 0 spiro atoms. The first-order valence-corrected chi connectivity index (χ1v) is 12.9. The quantitative estimate of drug-likeness (QED) is 0.185. The Bertz CT molecular complexity index is 1410. The minimum Gasteiger partial charge on any atom is -0.348 e. The number of nitrogens with one attached hydrogen (secondary N) is 1. The lowest BCUT2D eigenvalue weighted by molar-refractivity contribution is -0.137. The first-order chi connectivity index (χ1) is 17.6. The van der Waals surface area contributed by atoms with Crippen molar-refractivity contribution in [3.8, 4) is 0 Å². The van der Waals surface area contributed by atoms with Crippen LogP contribution >= 0.6 is 11.8 Å². The number of nitrogens with zero attached hydrogens (tertiary/aromatic N) is 2. The van der Waals surface area contributed by atoms with E-state index in [9.17, 15) is 18.0 Å². The standard InChI is InChI=1S/C29H28F3N3OS/c1-4-37-26-11-7-21(8-12-26)16-34-28(36)23-14-22-15-25(35(18-19(2)3)27(22)33-17-23)13-20-5-9-24(10-6-20)29(30,31)32/h5-12,14-15,17H,2,4,13,16,18H2,1,3H3,(H,34,36). The Morgan fingerprint density at radius 1 is 1.05 bits per heavy atom. The third-order valence-electron chi connectivity index (χ3n) is 5.86. The molecule has 2 aromatic heterocycles. The zero-order chi connectivity index (χ0) is 26.6. The number of pyridine rings is 1. The van der Waals surface area contributed by atoms with Gasteiger partial charge >= 0.3 is 6.18 Å². The summed E-state index contributed by atoms with van der Waals surface area (Å²) in [6.45, 7) is 8.93. The summed E-state index contributed by atoms with van der Waals surface area (Å²) >= 11 is 1.77. The van der Waals surface area contributed by atoms with Crippen LogP contribution in [0.5, 0.6) is 0 Å². The van der Waals surface area contributed by atoms with Gasteiger partial charge in [-0.15, -0.1) is 11.8 Å². The molecule has 0 atom stereocenters. The molecule has 37 heavy (non-hydrogen) atoms. The summed E-state index contributed by atoms with van der Waals surface area (Å²) in [5, 5.41) is 3.73. The lowest BCUT2D eigenvalue weighted by Crippen LogP contribution is -2.22. The second-order valence-corrected chi connectivity index (χ2v) is 10.3. The van der Waals surface area contributed by atoms with E-state index in [0.29, 0.717) is 30.7 Å². The number of benzene rings is 2. The van der Waals surface area contributed by atoms with Crippen LogP contribution in [0.3, 0.4) is 0 Å². The maximum absolute atomic E-state index is 12.9. The average Bonchev–Trinajstić information content (AvgIpc) is 3.18. The van der Waals surface area contributed by atoms with Gasteiger partial charge in [0.05, 0.1) is 11.1 Å². The fourth-order valence-electron chi connectivity index (χ4n) is 4.09. The molecule has 8 heteroatoms. The summed E-state index contributed by atoms with van der Waals surface area (Å²) in [6, 6.07) is 17.0. The van der Waals surface area contributed by atoms with Gasteiger partial charge in [0.2, 0.25) is 0 Å². The van der Waals surface area contributed by atoms with Crippen molar-refractivity contribution in [2.45, 2.75) is 44.4 Å². The zero-order valence-electron chi connectivity index (χ0n) is 20.7. The number of carbonyl (C=O) groups excluding carboxylic acids is 1. The summed E-state index contributed by atoms with van der Waals surface area (Å²) < 4.78 is 40.8. The maximum atomic E-state index is 12.9. The number of halogens is 3. The summed E-state index contributed by atoms with van der Waals surface area (Å²) in [7, 11) is 0. The number of amides is 1. The summed E-state index contributed by atoms with van der Waals surface area (Å²) in [5.74, 6) is 0.782. The van der Waals surface area contributed by atoms with E-state index in [-0.39, 0.29) is 5.91 Å². The van der Waals surface area contributed by atoms with E-state index in [4.69, 9.17) is 0 Å².